The van der Waals surface area contributed by atoms with Crippen LogP contribution in [0.5, 0.6) is 0 Å². The molecular formula is C20H18N2O. The van der Waals surface area contributed by atoms with Crippen molar-refractivity contribution in [2.24, 2.45) is 0 Å². The normalized spacial score (nSPS) is 16.1. The molecule has 0 spiro atoms. The van der Waals surface area contributed by atoms with Crippen molar-refractivity contribution in [2.45, 2.75) is 26.7 Å². The van der Waals surface area contributed by atoms with Gasteiger partial charge in [0.05, 0.1) is 5.52 Å². The Morgan fingerprint density at radius 1 is 1.09 bits per heavy atom. The third-order valence-electron chi connectivity index (χ3n) is 4.74. The fraction of sp³-hybridized carbons (Fsp3) is 0.200. The number of para-hydroxylation sites is 1. The minimum atomic E-state index is 0.0961. The maximum atomic E-state index is 13.0. The second-order valence-corrected chi connectivity index (χ2v) is 6.08. The lowest BCUT2D eigenvalue weighted by molar-refractivity contribution is 0.0946. The van der Waals surface area contributed by atoms with Gasteiger partial charge in [0.2, 0.25) is 0 Å². The van der Waals surface area contributed by atoms with Crippen LogP contribution in [0.4, 0.5) is 0 Å². The highest BCUT2D eigenvalue weighted by molar-refractivity contribution is 6.07. The molecule has 0 bridgehead atoms. The van der Waals surface area contributed by atoms with Gasteiger partial charge in [0.1, 0.15) is 0 Å². The van der Waals surface area contributed by atoms with Crippen molar-refractivity contribution in [1.82, 2.24) is 9.55 Å². The number of allylic oxidation sites excluding steroid dienone is 1. The molecule has 0 atom stereocenters. The van der Waals surface area contributed by atoms with Crippen LogP contribution in [0.2, 0.25) is 0 Å². The van der Waals surface area contributed by atoms with E-state index in [-0.39, 0.29) is 5.91 Å². The number of hydrogen-bond acceptors (Lipinski definition) is 2. The van der Waals surface area contributed by atoms with Crippen molar-refractivity contribution in [2.75, 3.05) is 0 Å². The average molecular weight is 302 g/mol. The van der Waals surface area contributed by atoms with E-state index in [9.17, 15) is 4.79 Å². The van der Waals surface area contributed by atoms with Crippen molar-refractivity contribution >= 4 is 22.9 Å². The smallest absolute Gasteiger partial charge is 0.258 e. The number of hydrogen-bond donors (Lipinski definition) is 0. The summed E-state index contributed by atoms with van der Waals surface area (Å²) in [6.45, 7) is 4.09. The molecule has 1 aliphatic heterocycles. The highest BCUT2D eigenvalue weighted by Crippen LogP contribution is 2.32. The fourth-order valence-corrected chi connectivity index (χ4v) is 3.46. The molecule has 23 heavy (non-hydrogen) atoms. The predicted molar refractivity (Wildman–Crippen MR) is 92.6 cm³/mol. The number of carbonyl (C=O) groups is 1. The van der Waals surface area contributed by atoms with Crippen LogP contribution in [0.15, 0.2) is 48.2 Å². The van der Waals surface area contributed by atoms with Gasteiger partial charge in [-0.1, -0.05) is 24.3 Å². The van der Waals surface area contributed by atoms with Gasteiger partial charge in [0, 0.05) is 28.5 Å². The van der Waals surface area contributed by atoms with Crippen LogP contribution in [0.3, 0.4) is 0 Å². The standard InChI is InChI=1S/C20H18N2O/c1-13-17-7-3-4-8-19(17)22-18(13)10-9-16(20(22)23)12-15-6-5-11-21-14(15)2/h3-8,11-12H,9-10H2,1-2H3/b16-12+. The second-order valence-electron chi connectivity index (χ2n) is 6.08. The number of aromatic nitrogens is 2. The number of nitrogens with zero attached hydrogens (tertiary/aromatic N) is 2. The SMILES string of the molecule is Cc1ncccc1/C=C1\CCc2c(C)c3ccccc3n2C1=O. The van der Waals surface area contributed by atoms with Crippen molar-refractivity contribution in [3.05, 3.63) is 70.7 Å². The van der Waals surface area contributed by atoms with Gasteiger partial charge < -0.3 is 0 Å². The number of carbonyl (C=O) groups excluding carboxylic acids is 1. The second kappa shape index (κ2) is 5.20. The zero-order valence-electron chi connectivity index (χ0n) is 13.3. The number of fused-ring (bicyclic) bond motifs is 3. The maximum absolute atomic E-state index is 13.0. The van der Waals surface area contributed by atoms with E-state index in [1.807, 2.05) is 47.9 Å². The summed E-state index contributed by atoms with van der Waals surface area (Å²) in [5, 5.41) is 1.18. The molecule has 3 nitrogen and oxygen atoms in total. The van der Waals surface area contributed by atoms with E-state index in [2.05, 4.69) is 18.0 Å². The fourth-order valence-electron chi connectivity index (χ4n) is 3.46. The van der Waals surface area contributed by atoms with Crippen LogP contribution in [0.25, 0.3) is 17.0 Å². The van der Waals surface area contributed by atoms with Gasteiger partial charge in [0.15, 0.2) is 0 Å². The highest BCUT2D eigenvalue weighted by Gasteiger charge is 2.26. The molecule has 0 fully saturated rings. The molecule has 0 saturated heterocycles. The van der Waals surface area contributed by atoms with Crippen molar-refractivity contribution in [1.29, 1.82) is 0 Å². The zero-order chi connectivity index (χ0) is 16.0. The van der Waals surface area contributed by atoms with Gasteiger partial charge >= 0.3 is 0 Å². The molecule has 0 amide bonds. The van der Waals surface area contributed by atoms with Gasteiger partial charge in [-0.2, -0.15) is 0 Å². The predicted octanol–water partition coefficient (Wildman–Crippen LogP) is 4.32. The number of aryl methyl sites for hydroxylation is 2. The average Bonchev–Trinajstić information content (AvgIpc) is 2.86. The summed E-state index contributed by atoms with van der Waals surface area (Å²) in [5.74, 6) is 0.0961. The van der Waals surface area contributed by atoms with E-state index in [0.717, 1.165) is 40.9 Å². The monoisotopic (exact) mass is 302 g/mol. The molecule has 114 valence electrons. The Bertz CT molecular complexity index is 963. The van der Waals surface area contributed by atoms with Crippen LogP contribution in [0.1, 0.15) is 33.7 Å². The molecule has 1 aliphatic rings. The van der Waals surface area contributed by atoms with Crippen LogP contribution in [-0.4, -0.2) is 15.5 Å². The van der Waals surface area contributed by atoms with E-state index in [4.69, 9.17) is 0 Å². The Labute approximate surface area is 135 Å². The van der Waals surface area contributed by atoms with Gasteiger partial charge in [-0.15, -0.1) is 0 Å². The van der Waals surface area contributed by atoms with E-state index in [0.29, 0.717) is 0 Å². The van der Waals surface area contributed by atoms with Crippen molar-refractivity contribution in [3.8, 4) is 0 Å². The Hall–Kier alpha value is -2.68. The number of benzene rings is 1. The third-order valence-corrected chi connectivity index (χ3v) is 4.74. The lowest BCUT2D eigenvalue weighted by Gasteiger charge is -2.18. The molecule has 3 heteroatoms. The molecular weight excluding hydrogens is 284 g/mol. The Kier molecular flexibility index (Phi) is 3.15. The van der Waals surface area contributed by atoms with Crippen LogP contribution < -0.4 is 0 Å². The lowest BCUT2D eigenvalue weighted by atomic mass is 9.99. The molecule has 3 aromatic rings. The maximum Gasteiger partial charge on any atom is 0.258 e. The molecule has 0 unspecified atom stereocenters. The lowest BCUT2D eigenvalue weighted by Crippen LogP contribution is -2.22. The largest absolute Gasteiger partial charge is 0.280 e. The van der Waals surface area contributed by atoms with E-state index < -0.39 is 0 Å². The van der Waals surface area contributed by atoms with Crippen molar-refractivity contribution < 1.29 is 4.79 Å². The molecule has 1 aromatic carbocycles. The van der Waals surface area contributed by atoms with Gasteiger partial charge in [-0.3, -0.25) is 14.3 Å². The molecule has 3 heterocycles. The first kappa shape index (κ1) is 13.9. The quantitative estimate of drug-likeness (QED) is 0.627. The number of rotatable bonds is 1. The molecule has 0 radical (unpaired) electrons. The van der Waals surface area contributed by atoms with E-state index >= 15 is 0 Å². The molecule has 2 aromatic heterocycles. The summed E-state index contributed by atoms with van der Waals surface area (Å²) >= 11 is 0. The molecule has 4 rings (SSSR count). The summed E-state index contributed by atoms with van der Waals surface area (Å²) in [6.07, 6.45) is 5.46. The summed E-state index contributed by atoms with van der Waals surface area (Å²) in [7, 11) is 0. The summed E-state index contributed by atoms with van der Waals surface area (Å²) in [5.41, 5.74) is 6.22. The molecule has 0 saturated carbocycles. The topological polar surface area (TPSA) is 34.9 Å². The third kappa shape index (κ3) is 2.12. The minimum Gasteiger partial charge on any atom is -0.280 e. The summed E-state index contributed by atoms with van der Waals surface area (Å²) in [6, 6.07) is 12.1. The molecule has 0 N–H and O–H groups in total. The minimum absolute atomic E-state index is 0.0961. The Morgan fingerprint density at radius 3 is 2.74 bits per heavy atom. The van der Waals surface area contributed by atoms with Crippen LogP contribution in [0, 0.1) is 13.8 Å². The van der Waals surface area contributed by atoms with Crippen LogP contribution in [-0.2, 0) is 6.42 Å². The highest BCUT2D eigenvalue weighted by atomic mass is 16.2. The summed E-state index contributed by atoms with van der Waals surface area (Å²) in [4.78, 5) is 17.3. The Morgan fingerprint density at radius 2 is 1.91 bits per heavy atom. The zero-order valence-corrected chi connectivity index (χ0v) is 13.3. The summed E-state index contributed by atoms with van der Waals surface area (Å²) < 4.78 is 1.89. The Balaban J connectivity index is 1.87. The van der Waals surface area contributed by atoms with Crippen LogP contribution >= 0.6 is 0 Å². The molecule has 0 aliphatic carbocycles. The number of pyridine rings is 1. The first-order chi connectivity index (χ1) is 11.2. The van der Waals surface area contributed by atoms with E-state index in [1.165, 1.54) is 10.9 Å². The first-order valence-corrected chi connectivity index (χ1v) is 7.92. The van der Waals surface area contributed by atoms with Crippen molar-refractivity contribution in [3.63, 3.8) is 0 Å². The first-order valence-electron chi connectivity index (χ1n) is 7.92. The van der Waals surface area contributed by atoms with Gasteiger partial charge in [-0.05, 0) is 56.0 Å². The van der Waals surface area contributed by atoms with Gasteiger partial charge in [0.25, 0.3) is 5.91 Å². The van der Waals surface area contributed by atoms with E-state index in [1.54, 1.807) is 6.20 Å². The van der Waals surface area contributed by atoms with Gasteiger partial charge in [-0.25, -0.2) is 0 Å².